The summed E-state index contributed by atoms with van der Waals surface area (Å²) in [5.41, 5.74) is 1.31. The molecule has 8 heteroatoms. The Kier molecular flexibility index (Phi) is 5.79. The van der Waals surface area contributed by atoms with Crippen molar-refractivity contribution in [1.29, 1.82) is 0 Å². The van der Waals surface area contributed by atoms with E-state index in [1.165, 1.54) is 23.1 Å². The predicted octanol–water partition coefficient (Wildman–Crippen LogP) is 2.49. The summed E-state index contributed by atoms with van der Waals surface area (Å²) in [5, 5.41) is 19.7. The molecule has 4 rings (SSSR count). The fourth-order valence-corrected chi connectivity index (χ4v) is 5.25. The highest BCUT2D eigenvalue weighted by atomic mass is 16.4. The molecule has 0 saturated heterocycles. The minimum Gasteiger partial charge on any atom is -0.501 e. The molecule has 8 nitrogen and oxygen atoms in total. The van der Waals surface area contributed by atoms with E-state index in [2.05, 4.69) is 36.2 Å². The van der Waals surface area contributed by atoms with Crippen molar-refractivity contribution < 1.29 is 19.8 Å². The van der Waals surface area contributed by atoms with Gasteiger partial charge >= 0.3 is 11.5 Å². The number of carbonyl (C=O) groups excluding carboxylic acids is 1. The van der Waals surface area contributed by atoms with E-state index in [0.717, 1.165) is 32.1 Å². The van der Waals surface area contributed by atoms with Gasteiger partial charge in [0, 0.05) is 25.4 Å². The van der Waals surface area contributed by atoms with Gasteiger partial charge in [-0.3, -0.25) is 14.4 Å². The lowest BCUT2D eigenvalue weighted by molar-refractivity contribution is -0.138. The standard InChI is InChI=1S/C24H29N3O5/c1-3-15-7-6-8-16(11-15)24(9-4-5-10-24)13-18-25-22(31)21(30)20-23(32)26(2)17(12-19(28)29)14-27(18)20/h6-8,11,17,30H,3-5,9-10,12-14H2,1-2H3,(H,28,29)/t17-/m0/s1. The number of hydrogen-bond donors (Lipinski definition) is 2. The van der Waals surface area contributed by atoms with Gasteiger partial charge in [-0.05, 0) is 30.4 Å². The van der Waals surface area contributed by atoms with E-state index >= 15 is 0 Å². The van der Waals surface area contributed by atoms with Crippen molar-refractivity contribution in [3.05, 3.63) is 57.3 Å². The molecule has 1 aliphatic heterocycles. The van der Waals surface area contributed by atoms with Crippen LogP contribution in [0.2, 0.25) is 0 Å². The molecule has 1 saturated carbocycles. The first kappa shape index (κ1) is 22.0. The first-order valence-corrected chi connectivity index (χ1v) is 11.2. The van der Waals surface area contributed by atoms with Gasteiger partial charge in [0.05, 0.1) is 12.5 Å². The Morgan fingerprint density at radius 2 is 1.97 bits per heavy atom. The normalized spacial score (nSPS) is 19.8. The van der Waals surface area contributed by atoms with Crippen molar-refractivity contribution in [2.24, 2.45) is 0 Å². The van der Waals surface area contributed by atoms with E-state index in [0.29, 0.717) is 12.2 Å². The Morgan fingerprint density at radius 3 is 2.62 bits per heavy atom. The molecule has 0 spiro atoms. The van der Waals surface area contributed by atoms with E-state index in [1.54, 1.807) is 4.57 Å². The summed E-state index contributed by atoms with van der Waals surface area (Å²) in [6.45, 7) is 2.29. The molecule has 0 bridgehead atoms. The highest BCUT2D eigenvalue weighted by Gasteiger charge is 2.40. The lowest BCUT2D eigenvalue weighted by Gasteiger charge is -2.37. The SMILES string of the molecule is CCc1cccc(C2(Cc3nc(=O)c(O)c4n3C[C@H](CC(=O)O)N(C)C4=O)CCCC2)c1. The number of benzene rings is 1. The molecule has 1 fully saturated rings. The molecule has 2 N–H and O–H groups in total. The summed E-state index contributed by atoms with van der Waals surface area (Å²) in [4.78, 5) is 42.3. The molecular weight excluding hydrogens is 410 g/mol. The van der Waals surface area contributed by atoms with E-state index < -0.39 is 29.2 Å². The van der Waals surface area contributed by atoms with Gasteiger partial charge in [-0.25, -0.2) is 0 Å². The first-order valence-electron chi connectivity index (χ1n) is 11.2. The summed E-state index contributed by atoms with van der Waals surface area (Å²) in [6, 6.07) is 7.90. The van der Waals surface area contributed by atoms with Crippen LogP contribution < -0.4 is 5.56 Å². The number of rotatable bonds is 6. The van der Waals surface area contributed by atoms with E-state index in [-0.39, 0.29) is 24.1 Å². The molecule has 32 heavy (non-hydrogen) atoms. The van der Waals surface area contributed by atoms with Crippen LogP contribution in [0.3, 0.4) is 0 Å². The summed E-state index contributed by atoms with van der Waals surface area (Å²) >= 11 is 0. The molecule has 1 amide bonds. The lowest BCUT2D eigenvalue weighted by Crippen LogP contribution is -2.49. The zero-order valence-corrected chi connectivity index (χ0v) is 18.5. The van der Waals surface area contributed by atoms with Crippen LogP contribution in [-0.2, 0) is 29.6 Å². The Bertz CT molecular complexity index is 1120. The maximum atomic E-state index is 13.0. The van der Waals surface area contributed by atoms with Gasteiger partial charge in [0.2, 0.25) is 5.75 Å². The largest absolute Gasteiger partial charge is 0.501 e. The van der Waals surface area contributed by atoms with Gasteiger partial charge in [-0.15, -0.1) is 0 Å². The fourth-order valence-electron chi connectivity index (χ4n) is 5.25. The molecule has 170 valence electrons. The number of carboxylic acids is 1. The third-order valence-electron chi connectivity index (χ3n) is 7.12. The number of carboxylic acid groups (broad SMARTS) is 1. The van der Waals surface area contributed by atoms with Gasteiger partial charge in [0.1, 0.15) is 5.82 Å². The van der Waals surface area contributed by atoms with E-state index in [9.17, 15) is 24.6 Å². The molecule has 1 aromatic carbocycles. The quantitative estimate of drug-likeness (QED) is 0.715. The Hall–Kier alpha value is -3.16. The number of hydrogen-bond acceptors (Lipinski definition) is 5. The minimum absolute atomic E-state index is 0.0976. The monoisotopic (exact) mass is 439 g/mol. The van der Waals surface area contributed by atoms with Crippen molar-refractivity contribution in [3.8, 4) is 5.75 Å². The Labute approximate surface area is 186 Å². The van der Waals surface area contributed by atoms with E-state index in [1.807, 2.05) is 0 Å². The lowest BCUT2D eigenvalue weighted by atomic mass is 9.75. The van der Waals surface area contributed by atoms with Gasteiger partial charge in [-0.1, -0.05) is 44.0 Å². The smallest absolute Gasteiger partial charge is 0.315 e. The first-order chi connectivity index (χ1) is 15.3. The minimum atomic E-state index is -1.01. The average molecular weight is 440 g/mol. The van der Waals surface area contributed by atoms with Gasteiger partial charge < -0.3 is 19.7 Å². The van der Waals surface area contributed by atoms with Gasteiger partial charge in [0.25, 0.3) is 5.91 Å². The van der Waals surface area contributed by atoms with Crippen LogP contribution in [0.5, 0.6) is 5.75 Å². The van der Waals surface area contributed by atoms with Crippen molar-refractivity contribution in [2.75, 3.05) is 7.05 Å². The highest BCUT2D eigenvalue weighted by Crippen LogP contribution is 2.44. The molecule has 1 aliphatic carbocycles. The molecule has 2 heterocycles. The molecule has 2 aliphatic rings. The summed E-state index contributed by atoms with van der Waals surface area (Å²) in [6.07, 6.45) is 5.17. The molecule has 2 aromatic rings. The van der Waals surface area contributed by atoms with Crippen LogP contribution in [0.25, 0.3) is 0 Å². The fraction of sp³-hybridized carbons (Fsp3) is 0.500. The Balaban J connectivity index is 1.82. The van der Waals surface area contributed by atoms with Crippen LogP contribution in [0, 0.1) is 0 Å². The van der Waals surface area contributed by atoms with Crippen molar-refractivity contribution >= 4 is 11.9 Å². The summed E-state index contributed by atoms with van der Waals surface area (Å²) < 4.78 is 1.58. The number of likely N-dealkylation sites (N-methyl/N-ethyl adjacent to an activating group) is 1. The maximum absolute atomic E-state index is 13.0. The van der Waals surface area contributed by atoms with Crippen LogP contribution in [0.15, 0.2) is 29.1 Å². The number of aliphatic carboxylic acids is 1. The number of aromatic hydroxyl groups is 1. The third-order valence-corrected chi connectivity index (χ3v) is 7.12. The van der Waals surface area contributed by atoms with Crippen LogP contribution in [-0.4, -0.2) is 49.6 Å². The van der Waals surface area contributed by atoms with Crippen molar-refractivity contribution in [3.63, 3.8) is 0 Å². The predicted molar refractivity (Wildman–Crippen MR) is 118 cm³/mol. The topological polar surface area (TPSA) is 113 Å². The zero-order valence-electron chi connectivity index (χ0n) is 18.5. The second kappa shape index (κ2) is 8.41. The number of aryl methyl sites for hydroxylation is 1. The molecule has 1 aromatic heterocycles. The number of aromatic nitrogens is 2. The number of amides is 1. The number of nitrogens with zero attached hydrogens (tertiary/aromatic N) is 3. The van der Waals surface area contributed by atoms with Crippen LogP contribution >= 0.6 is 0 Å². The van der Waals surface area contributed by atoms with Crippen molar-refractivity contribution in [1.82, 2.24) is 14.5 Å². The van der Waals surface area contributed by atoms with Crippen LogP contribution in [0.4, 0.5) is 0 Å². The number of carbonyl (C=O) groups is 2. The van der Waals surface area contributed by atoms with Crippen LogP contribution in [0.1, 0.15) is 66.5 Å². The summed E-state index contributed by atoms with van der Waals surface area (Å²) in [7, 11) is 1.50. The zero-order chi connectivity index (χ0) is 23.0. The Morgan fingerprint density at radius 1 is 1.25 bits per heavy atom. The van der Waals surface area contributed by atoms with Crippen molar-refractivity contribution in [2.45, 2.75) is 69.9 Å². The van der Waals surface area contributed by atoms with Gasteiger partial charge in [-0.2, -0.15) is 4.98 Å². The second-order valence-electron chi connectivity index (χ2n) is 9.03. The molecule has 0 radical (unpaired) electrons. The average Bonchev–Trinajstić information content (AvgIpc) is 3.24. The summed E-state index contributed by atoms with van der Waals surface area (Å²) in [5.74, 6) is -1.81. The number of fused-ring (bicyclic) bond motifs is 1. The molecule has 1 atom stereocenters. The van der Waals surface area contributed by atoms with E-state index in [4.69, 9.17) is 0 Å². The second-order valence-corrected chi connectivity index (χ2v) is 9.03. The molecular formula is C24H29N3O5. The maximum Gasteiger partial charge on any atom is 0.315 e. The molecule has 0 unspecified atom stereocenters. The van der Waals surface area contributed by atoms with Gasteiger partial charge in [0.15, 0.2) is 5.69 Å². The highest BCUT2D eigenvalue weighted by molar-refractivity contribution is 5.96. The third kappa shape index (κ3) is 3.78.